The molecular formula is C8H16ClN2O3P. The summed E-state index contributed by atoms with van der Waals surface area (Å²) < 4.78 is 24.9. The summed E-state index contributed by atoms with van der Waals surface area (Å²) in [5.41, 5.74) is 0. The Labute approximate surface area is 94.6 Å². The summed E-state index contributed by atoms with van der Waals surface area (Å²) in [7, 11) is -3.05. The summed E-state index contributed by atoms with van der Waals surface area (Å²) in [5, 5.41) is 3.20. The van der Waals surface area contributed by atoms with Gasteiger partial charge in [0.2, 0.25) is 0 Å². The second-order valence-corrected chi connectivity index (χ2v) is 5.96. The molecule has 5 nitrogen and oxygen atoms in total. The van der Waals surface area contributed by atoms with Crippen LogP contribution in [0.25, 0.3) is 0 Å². The predicted molar refractivity (Wildman–Crippen MR) is 58.2 cm³/mol. The van der Waals surface area contributed by atoms with Crippen LogP contribution in [0.15, 0.2) is 0 Å². The van der Waals surface area contributed by atoms with Crippen molar-refractivity contribution in [3.63, 3.8) is 0 Å². The molecule has 2 aliphatic rings. The van der Waals surface area contributed by atoms with Gasteiger partial charge in [0.05, 0.1) is 12.7 Å². The van der Waals surface area contributed by atoms with Gasteiger partial charge in [0.15, 0.2) is 0 Å². The molecule has 1 N–H and O–H groups in total. The van der Waals surface area contributed by atoms with E-state index in [0.717, 1.165) is 19.5 Å². The first-order valence-corrected chi connectivity index (χ1v) is 7.23. The molecule has 2 saturated heterocycles. The number of nitrogens with one attached hydrogen (secondary N) is 1. The number of halogens is 1. The van der Waals surface area contributed by atoms with Crippen LogP contribution in [0.1, 0.15) is 6.42 Å². The van der Waals surface area contributed by atoms with Crippen LogP contribution in [0, 0.1) is 0 Å². The Morgan fingerprint density at radius 2 is 2.20 bits per heavy atom. The van der Waals surface area contributed by atoms with Crippen LogP contribution in [-0.2, 0) is 13.6 Å². The Balaban J connectivity index is 2.00. The molecule has 2 rings (SSSR count). The van der Waals surface area contributed by atoms with Crippen LogP contribution in [0.2, 0.25) is 0 Å². The van der Waals surface area contributed by atoms with Crippen molar-refractivity contribution < 1.29 is 13.6 Å². The maximum atomic E-state index is 12.4. The normalized spacial score (nSPS) is 39.1. The lowest BCUT2D eigenvalue weighted by Crippen LogP contribution is -2.43. The zero-order valence-electron chi connectivity index (χ0n) is 8.52. The van der Waals surface area contributed by atoms with E-state index in [2.05, 4.69) is 5.32 Å². The van der Waals surface area contributed by atoms with E-state index in [1.54, 1.807) is 4.67 Å². The molecule has 0 aliphatic carbocycles. The minimum atomic E-state index is -3.05. The van der Waals surface area contributed by atoms with Gasteiger partial charge >= 0.3 is 7.75 Å². The number of nitrogens with zero attached hydrogens (tertiary/aromatic N) is 1. The standard InChI is InChI=1S/C8H16ClN2O3P/c9-7-8-1-6-13-15(12,14-8)11-4-2-10-3-5-11/h8,10H,1-7H2. The van der Waals surface area contributed by atoms with Crippen molar-refractivity contribution in [1.82, 2.24) is 9.99 Å². The van der Waals surface area contributed by atoms with Gasteiger partial charge in [-0.3, -0.25) is 9.05 Å². The van der Waals surface area contributed by atoms with Crippen LogP contribution in [0.3, 0.4) is 0 Å². The second kappa shape index (κ2) is 5.13. The van der Waals surface area contributed by atoms with Gasteiger partial charge in [0.1, 0.15) is 0 Å². The Morgan fingerprint density at radius 3 is 2.87 bits per heavy atom. The number of hydrogen-bond acceptors (Lipinski definition) is 4. The molecule has 0 spiro atoms. The largest absolute Gasteiger partial charge is 0.408 e. The Morgan fingerprint density at radius 1 is 1.47 bits per heavy atom. The molecule has 2 unspecified atom stereocenters. The Bertz CT molecular complexity index is 260. The van der Waals surface area contributed by atoms with E-state index in [9.17, 15) is 4.57 Å². The van der Waals surface area contributed by atoms with Crippen molar-refractivity contribution >= 4 is 19.3 Å². The van der Waals surface area contributed by atoms with E-state index in [4.69, 9.17) is 20.6 Å². The van der Waals surface area contributed by atoms with E-state index < -0.39 is 7.75 Å². The first-order chi connectivity index (χ1) is 7.24. The van der Waals surface area contributed by atoms with E-state index in [0.29, 0.717) is 25.6 Å². The third-order valence-electron chi connectivity index (χ3n) is 2.59. The molecular weight excluding hydrogens is 239 g/mol. The van der Waals surface area contributed by atoms with Gasteiger partial charge < -0.3 is 5.32 Å². The Hall–Kier alpha value is 0.360. The average Bonchev–Trinajstić information content (AvgIpc) is 2.30. The van der Waals surface area contributed by atoms with E-state index in [-0.39, 0.29) is 6.10 Å². The van der Waals surface area contributed by atoms with E-state index in [1.807, 2.05) is 0 Å². The number of hydrogen-bond donors (Lipinski definition) is 1. The molecule has 0 aromatic carbocycles. The molecule has 0 bridgehead atoms. The lowest BCUT2D eigenvalue weighted by Gasteiger charge is -2.37. The zero-order valence-corrected chi connectivity index (χ0v) is 10.2. The molecule has 2 aliphatic heterocycles. The maximum Gasteiger partial charge on any atom is 0.408 e. The van der Waals surface area contributed by atoms with Gasteiger partial charge in [0.25, 0.3) is 0 Å². The monoisotopic (exact) mass is 254 g/mol. The summed E-state index contributed by atoms with van der Waals surface area (Å²) >= 11 is 5.71. The summed E-state index contributed by atoms with van der Waals surface area (Å²) in [6, 6.07) is 0. The van der Waals surface area contributed by atoms with Crippen molar-refractivity contribution in [1.29, 1.82) is 0 Å². The van der Waals surface area contributed by atoms with Crippen molar-refractivity contribution in [2.24, 2.45) is 0 Å². The zero-order chi connectivity index (χ0) is 10.7. The fourth-order valence-electron chi connectivity index (χ4n) is 1.72. The van der Waals surface area contributed by atoms with E-state index in [1.165, 1.54) is 0 Å². The molecule has 0 saturated carbocycles. The highest BCUT2D eigenvalue weighted by Gasteiger charge is 2.39. The fraction of sp³-hybridized carbons (Fsp3) is 1.00. The molecule has 2 atom stereocenters. The third kappa shape index (κ3) is 2.73. The van der Waals surface area contributed by atoms with Crippen LogP contribution in [0.4, 0.5) is 0 Å². The van der Waals surface area contributed by atoms with Gasteiger partial charge in [-0.1, -0.05) is 0 Å². The first kappa shape index (κ1) is 11.8. The van der Waals surface area contributed by atoms with Gasteiger partial charge in [0, 0.05) is 32.1 Å². The molecule has 0 radical (unpaired) electrons. The molecule has 15 heavy (non-hydrogen) atoms. The topological polar surface area (TPSA) is 50.8 Å². The number of piperazine rings is 1. The number of rotatable bonds is 2. The van der Waals surface area contributed by atoms with Crippen LogP contribution >= 0.6 is 19.3 Å². The van der Waals surface area contributed by atoms with E-state index >= 15 is 0 Å². The lowest BCUT2D eigenvalue weighted by atomic mass is 10.3. The Kier molecular flexibility index (Phi) is 4.04. The van der Waals surface area contributed by atoms with Gasteiger partial charge in [-0.2, -0.15) is 0 Å². The van der Waals surface area contributed by atoms with Gasteiger partial charge in [-0.05, 0) is 6.42 Å². The molecule has 0 aromatic heterocycles. The van der Waals surface area contributed by atoms with Gasteiger partial charge in [-0.25, -0.2) is 9.24 Å². The maximum absolute atomic E-state index is 12.4. The molecule has 0 amide bonds. The quantitative estimate of drug-likeness (QED) is 0.590. The van der Waals surface area contributed by atoms with Crippen molar-refractivity contribution in [3.05, 3.63) is 0 Å². The lowest BCUT2D eigenvalue weighted by molar-refractivity contribution is 0.0630. The van der Waals surface area contributed by atoms with Crippen LogP contribution in [-0.4, -0.2) is 49.4 Å². The molecule has 2 heterocycles. The van der Waals surface area contributed by atoms with Crippen molar-refractivity contribution in [2.75, 3.05) is 38.7 Å². The summed E-state index contributed by atoms with van der Waals surface area (Å²) in [4.78, 5) is 0. The van der Waals surface area contributed by atoms with Crippen molar-refractivity contribution in [3.8, 4) is 0 Å². The van der Waals surface area contributed by atoms with Crippen LogP contribution in [0.5, 0.6) is 0 Å². The summed E-state index contributed by atoms with van der Waals surface area (Å²) in [6.45, 7) is 3.52. The van der Waals surface area contributed by atoms with Gasteiger partial charge in [-0.15, -0.1) is 11.6 Å². The highest BCUT2D eigenvalue weighted by atomic mass is 35.5. The number of alkyl halides is 1. The highest BCUT2D eigenvalue weighted by molar-refractivity contribution is 7.51. The van der Waals surface area contributed by atoms with Crippen LogP contribution < -0.4 is 5.32 Å². The predicted octanol–water partition coefficient (Wildman–Crippen LogP) is 1.04. The van der Waals surface area contributed by atoms with Crippen molar-refractivity contribution in [2.45, 2.75) is 12.5 Å². The molecule has 2 fully saturated rings. The minimum absolute atomic E-state index is 0.138. The minimum Gasteiger partial charge on any atom is -0.314 e. The second-order valence-electron chi connectivity index (χ2n) is 3.68. The summed E-state index contributed by atoms with van der Waals surface area (Å²) in [5.74, 6) is 0.374. The first-order valence-electron chi connectivity index (χ1n) is 5.20. The molecule has 7 heteroatoms. The molecule has 0 aromatic rings. The SMILES string of the molecule is O=P1(N2CCNCC2)OCCC(CCl)O1. The third-order valence-corrected chi connectivity index (χ3v) is 5.10. The smallest absolute Gasteiger partial charge is 0.314 e. The fourth-order valence-corrected chi connectivity index (χ4v) is 3.97. The molecule has 88 valence electrons. The summed E-state index contributed by atoms with van der Waals surface area (Å²) in [6.07, 6.45) is 0.584. The highest BCUT2D eigenvalue weighted by Crippen LogP contribution is 2.55. The average molecular weight is 255 g/mol.